The number of nitrogens with zero attached hydrogens (tertiary/aromatic N) is 3. The summed E-state index contributed by atoms with van der Waals surface area (Å²) in [5, 5.41) is 6.31. The second-order valence-electron chi connectivity index (χ2n) is 3.71. The Hall–Kier alpha value is -2.49. The van der Waals surface area contributed by atoms with Crippen molar-refractivity contribution in [1.82, 2.24) is 14.8 Å². The molecule has 0 saturated heterocycles. The maximum atomic E-state index is 12.4. The van der Waals surface area contributed by atoms with Crippen LogP contribution in [0.3, 0.4) is 0 Å². The third kappa shape index (κ3) is 3.75. The molecular weight excluding hydrogens is 291 g/mol. The highest BCUT2D eigenvalue weighted by Crippen LogP contribution is 2.18. The largest absolute Gasteiger partial charge is 0.488 e. The van der Waals surface area contributed by atoms with E-state index >= 15 is 0 Å². The van der Waals surface area contributed by atoms with Crippen LogP contribution in [0, 0.1) is 0 Å². The maximum absolute atomic E-state index is 12.4. The van der Waals surface area contributed by atoms with Crippen molar-refractivity contribution in [2.75, 3.05) is 5.32 Å². The Morgan fingerprint density at radius 3 is 2.80 bits per heavy atom. The van der Waals surface area contributed by atoms with Crippen LogP contribution in [-0.2, 0) is 17.6 Å². The van der Waals surface area contributed by atoms with Gasteiger partial charge in [0.25, 0.3) is 5.91 Å². The van der Waals surface area contributed by atoms with E-state index in [-0.39, 0.29) is 17.1 Å². The monoisotopic (exact) mass is 300 g/mol. The zero-order chi connectivity index (χ0) is 14.8. The number of aryl methyl sites for hydroxylation is 1. The number of hydrogen-bond acceptors (Lipinski definition) is 6. The summed E-state index contributed by atoms with van der Waals surface area (Å²) in [4.78, 5) is 15.4. The van der Waals surface area contributed by atoms with Crippen LogP contribution in [0.15, 0.2) is 30.7 Å². The van der Waals surface area contributed by atoms with E-state index < -0.39 is 16.4 Å². The second-order valence-corrected chi connectivity index (χ2v) is 4.67. The summed E-state index contributed by atoms with van der Waals surface area (Å²) in [5.41, 5.74) is 0.304. The third-order valence-electron chi connectivity index (χ3n) is 2.11. The quantitative estimate of drug-likeness (QED) is 0.832. The van der Waals surface area contributed by atoms with Crippen molar-refractivity contribution < 1.29 is 21.3 Å². The Morgan fingerprint density at radius 2 is 2.20 bits per heavy atom. The first kappa shape index (κ1) is 13.9. The molecular formula is C10H9FN4O4S. The van der Waals surface area contributed by atoms with Crippen molar-refractivity contribution in [2.45, 2.75) is 0 Å². The van der Waals surface area contributed by atoms with Crippen LogP contribution in [-0.4, -0.2) is 29.1 Å². The number of nitrogens with one attached hydrogen (secondary N) is 1. The summed E-state index contributed by atoms with van der Waals surface area (Å²) in [7, 11) is -3.49. The van der Waals surface area contributed by atoms with E-state index in [1.807, 2.05) is 0 Å². The fourth-order valence-corrected chi connectivity index (χ4v) is 1.70. The molecule has 2 heterocycles. The number of carbonyl (C=O) groups excluding carboxylic acids is 1. The number of anilines is 1. The van der Waals surface area contributed by atoms with Crippen LogP contribution >= 0.6 is 0 Å². The fraction of sp³-hybridized carbons (Fsp3) is 0.100. The molecule has 0 saturated carbocycles. The lowest BCUT2D eigenvalue weighted by molar-refractivity contribution is 0.102. The molecule has 0 spiro atoms. The molecule has 0 radical (unpaired) electrons. The number of pyridine rings is 1. The van der Waals surface area contributed by atoms with Crippen LogP contribution in [0.1, 0.15) is 10.5 Å². The number of hydrogen-bond donors (Lipinski definition) is 1. The number of rotatable bonds is 4. The molecule has 106 valence electrons. The van der Waals surface area contributed by atoms with Crippen molar-refractivity contribution in [3.05, 3.63) is 36.4 Å². The summed E-state index contributed by atoms with van der Waals surface area (Å²) < 4.78 is 38.5. The van der Waals surface area contributed by atoms with Crippen molar-refractivity contribution in [3.63, 3.8) is 0 Å². The predicted molar refractivity (Wildman–Crippen MR) is 66.1 cm³/mol. The first-order valence-electron chi connectivity index (χ1n) is 5.23. The maximum Gasteiger partial charge on any atom is 0.488 e. The van der Waals surface area contributed by atoms with Gasteiger partial charge in [0.15, 0.2) is 11.4 Å². The zero-order valence-electron chi connectivity index (χ0n) is 10.1. The summed E-state index contributed by atoms with van der Waals surface area (Å²) in [6.07, 6.45) is 3.83. The van der Waals surface area contributed by atoms with E-state index in [2.05, 4.69) is 19.6 Å². The molecule has 0 aliphatic rings. The standard InChI is InChI=1S/C10H9FN4O4S/c1-15-3-2-9(14-15)10(16)13-7-4-8(6-12-5-7)19-20(11,17)18/h2-6H,1H3,(H,13,16). The highest BCUT2D eigenvalue weighted by Gasteiger charge is 2.13. The minimum Gasteiger partial charge on any atom is -0.357 e. The van der Waals surface area contributed by atoms with Gasteiger partial charge in [-0.15, -0.1) is 0 Å². The Balaban J connectivity index is 2.14. The van der Waals surface area contributed by atoms with Gasteiger partial charge < -0.3 is 9.50 Å². The van der Waals surface area contributed by atoms with Gasteiger partial charge in [-0.2, -0.15) is 13.5 Å². The molecule has 0 aliphatic heterocycles. The van der Waals surface area contributed by atoms with E-state index in [0.717, 1.165) is 12.3 Å². The van der Waals surface area contributed by atoms with Crippen LogP contribution < -0.4 is 9.50 Å². The molecule has 20 heavy (non-hydrogen) atoms. The van der Waals surface area contributed by atoms with E-state index in [9.17, 15) is 17.1 Å². The first-order chi connectivity index (χ1) is 9.33. The van der Waals surface area contributed by atoms with E-state index in [1.54, 1.807) is 13.2 Å². The molecule has 8 nitrogen and oxygen atoms in total. The molecule has 10 heteroatoms. The van der Waals surface area contributed by atoms with Gasteiger partial charge in [0.1, 0.15) is 0 Å². The summed E-state index contributed by atoms with van der Waals surface area (Å²) in [6.45, 7) is 0. The lowest BCUT2D eigenvalue weighted by Gasteiger charge is -2.04. The lowest BCUT2D eigenvalue weighted by atomic mass is 10.3. The molecule has 2 aromatic heterocycles. The van der Waals surface area contributed by atoms with Gasteiger partial charge in [-0.3, -0.25) is 14.5 Å². The molecule has 0 unspecified atom stereocenters. The Labute approximate surface area is 113 Å². The molecule has 0 fully saturated rings. The van der Waals surface area contributed by atoms with Crippen LogP contribution in [0.4, 0.5) is 9.57 Å². The number of aromatic nitrogens is 3. The average Bonchev–Trinajstić information content (AvgIpc) is 2.74. The molecule has 0 aromatic carbocycles. The van der Waals surface area contributed by atoms with Gasteiger partial charge in [-0.1, -0.05) is 3.89 Å². The summed E-state index contributed by atoms with van der Waals surface area (Å²) >= 11 is 0. The van der Waals surface area contributed by atoms with Crippen LogP contribution in [0.2, 0.25) is 0 Å². The molecule has 0 aliphatic carbocycles. The highest BCUT2D eigenvalue weighted by atomic mass is 32.3. The summed E-state index contributed by atoms with van der Waals surface area (Å²) in [6, 6.07) is 2.61. The van der Waals surface area contributed by atoms with Crippen molar-refractivity contribution in [2.24, 2.45) is 7.05 Å². The summed E-state index contributed by atoms with van der Waals surface area (Å²) in [5.74, 6) is -0.876. The van der Waals surface area contributed by atoms with Crippen LogP contribution in [0.25, 0.3) is 0 Å². The van der Waals surface area contributed by atoms with E-state index in [4.69, 9.17) is 0 Å². The van der Waals surface area contributed by atoms with Crippen LogP contribution in [0.5, 0.6) is 5.75 Å². The smallest absolute Gasteiger partial charge is 0.357 e. The molecule has 0 bridgehead atoms. The molecule has 1 amide bonds. The van der Waals surface area contributed by atoms with Gasteiger partial charge in [-0.25, -0.2) is 0 Å². The van der Waals surface area contributed by atoms with Gasteiger partial charge in [0.05, 0.1) is 18.1 Å². The van der Waals surface area contributed by atoms with Crippen molar-refractivity contribution in [1.29, 1.82) is 0 Å². The minimum atomic E-state index is -5.14. The third-order valence-corrected chi connectivity index (χ3v) is 2.50. The second kappa shape index (κ2) is 5.25. The average molecular weight is 300 g/mol. The van der Waals surface area contributed by atoms with Gasteiger partial charge in [0, 0.05) is 19.3 Å². The molecule has 2 rings (SSSR count). The van der Waals surface area contributed by atoms with E-state index in [1.165, 1.54) is 16.9 Å². The Morgan fingerprint density at radius 1 is 1.45 bits per heavy atom. The Kier molecular flexibility index (Phi) is 3.66. The first-order valence-corrected chi connectivity index (χ1v) is 6.54. The van der Waals surface area contributed by atoms with Gasteiger partial charge in [0.2, 0.25) is 0 Å². The number of carbonyl (C=O) groups is 1. The molecule has 0 atom stereocenters. The van der Waals surface area contributed by atoms with Crippen molar-refractivity contribution >= 4 is 22.1 Å². The fourth-order valence-electron chi connectivity index (χ4n) is 1.38. The number of amides is 1. The minimum absolute atomic E-state index is 0.141. The number of halogens is 1. The van der Waals surface area contributed by atoms with E-state index in [0.29, 0.717) is 0 Å². The lowest BCUT2D eigenvalue weighted by Crippen LogP contribution is -2.13. The predicted octanol–water partition coefficient (Wildman–Crippen LogP) is 0.660. The zero-order valence-corrected chi connectivity index (χ0v) is 11.0. The molecule has 2 aromatic rings. The Bertz CT molecular complexity index is 743. The highest BCUT2D eigenvalue weighted by molar-refractivity contribution is 7.81. The topological polar surface area (TPSA) is 103 Å². The molecule has 1 N–H and O–H groups in total. The van der Waals surface area contributed by atoms with Crippen molar-refractivity contribution in [3.8, 4) is 5.75 Å². The SMILES string of the molecule is Cn1ccc(C(=O)Nc2cncc(OS(=O)(=O)F)c2)n1. The normalized spacial score (nSPS) is 11.1. The van der Waals surface area contributed by atoms with Gasteiger partial charge in [-0.05, 0) is 6.07 Å². The van der Waals surface area contributed by atoms with Gasteiger partial charge >= 0.3 is 10.5 Å².